The summed E-state index contributed by atoms with van der Waals surface area (Å²) in [6.07, 6.45) is 1.57. The Morgan fingerprint density at radius 2 is 2.12 bits per heavy atom. The molecule has 1 aromatic carbocycles. The number of benzene rings is 1. The fraction of sp³-hybridized carbons (Fsp3) is 0.417. The van der Waals surface area contributed by atoms with Crippen LogP contribution >= 0.6 is 0 Å². The van der Waals surface area contributed by atoms with Crippen LogP contribution in [-0.2, 0) is 14.3 Å². The molecule has 3 rings (SSSR count). The van der Waals surface area contributed by atoms with Gasteiger partial charge in [0.05, 0.1) is 18.3 Å². The van der Waals surface area contributed by atoms with Gasteiger partial charge in [0.15, 0.2) is 0 Å². The number of nitrogens with zero attached hydrogens (tertiary/aromatic N) is 2. The van der Waals surface area contributed by atoms with E-state index in [2.05, 4.69) is 9.89 Å². The predicted molar refractivity (Wildman–Crippen MR) is 59.4 cm³/mol. The molecule has 0 saturated carbocycles. The van der Waals surface area contributed by atoms with Crippen LogP contribution in [0.4, 0.5) is 5.69 Å². The molecule has 1 aromatic rings. The van der Waals surface area contributed by atoms with Crippen molar-refractivity contribution < 1.29 is 14.3 Å². The number of carbonyl (C=O) groups excluding carboxylic acids is 1. The largest absolute Gasteiger partial charge is 0.364 e. The second-order valence-corrected chi connectivity index (χ2v) is 4.17. The van der Waals surface area contributed by atoms with Gasteiger partial charge in [0.1, 0.15) is 19.6 Å². The van der Waals surface area contributed by atoms with Crippen LogP contribution in [0.1, 0.15) is 11.7 Å². The molecule has 2 aliphatic rings. The van der Waals surface area contributed by atoms with Crippen molar-refractivity contribution in [3.8, 4) is 0 Å². The second-order valence-electron chi connectivity index (χ2n) is 4.17. The van der Waals surface area contributed by atoms with Crippen LogP contribution < -0.4 is 0 Å². The van der Waals surface area contributed by atoms with Crippen molar-refractivity contribution in [1.82, 2.24) is 4.90 Å². The molecule has 0 aliphatic carbocycles. The molecule has 0 amide bonds. The number of rotatable bonds is 2. The van der Waals surface area contributed by atoms with Crippen LogP contribution in [0.25, 0.3) is 0 Å². The summed E-state index contributed by atoms with van der Waals surface area (Å²) in [5.41, 5.74) is 1.70. The van der Waals surface area contributed by atoms with Crippen LogP contribution in [0, 0.1) is 0 Å². The van der Waals surface area contributed by atoms with E-state index in [1.165, 1.54) is 6.08 Å². The average Bonchev–Trinajstić information content (AvgIpc) is 2.93. The monoisotopic (exact) mass is 232 g/mol. The Bertz CT molecular complexity index is 453. The first-order valence-corrected chi connectivity index (χ1v) is 5.50. The topological polar surface area (TPSA) is 51.1 Å². The molecule has 17 heavy (non-hydrogen) atoms. The van der Waals surface area contributed by atoms with Crippen LogP contribution in [-0.4, -0.2) is 37.1 Å². The summed E-state index contributed by atoms with van der Waals surface area (Å²) in [7, 11) is 0. The highest BCUT2D eigenvalue weighted by Gasteiger charge is 2.39. The molecule has 0 N–H and O–H groups in total. The summed E-state index contributed by atoms with van der Waals surface area (Å²) in [6.45, 7) is 1.97. The molecule has 0 spiro atoms. The smallest absolute Gasteiger partial charge is 0.240 e. The molecule has 2 saturated heterocycles. The van der Waals surface area contributed by atoms with Crippen molar-refractivity contribution in [1.29, 1.82) is 0 Å². The SMILES string of the molecule is O=C=Nc1ccc(C2OCN3COCC23)cc1. The van der Waals surface area contributed by atoms with Crippen molar-refractivity contribution in [2.75, 3.05) is 20.1 Å². The lowest BCUT2D eigenvalue weighted by Gasteiger charge is -2.16. The summed E-state index contributed by atoms with van der Waals surface area (Å²) < 4.78 is 11.1. The highest BCUT2D eigenvalue weighted by atomic mass is 16.6. The maximum Gasteiger partial charge on any atom is 0.240 e. The Morgan fingerprint density at radius 1 is 1.29 bits per heavy atom. The van der Waals surface area contributed by atoms with Gasteiger partial charge in [0.2, 0.25) is 6.08 Å². The maximum atomic E-state index is 10.1. The Kier molecular flexibility index (Phi) is 2.74. The van der Waals surface area contributed by atoms with Gasteiger partial charge >= 0.3 is 0 Å². The van der Waals surface area contributed by atoms with Crippen molar-refractivity contribution in [3.63, 3.8) is 0 Å². The van der Waals surface area contributed by atoms with E-state index in [0.29, 0.717) is 31.8 Å². The Hall–Kier alpha value is -1.52. The number of aliphatic imine (C=N–C) groups is 1. The van der Waals surface area contributed by atoms with Gasteiger partial charge in [-0.3, -0.25) is 0 Å². The first kappa shape index (κ1) is 10.6. The summed E-state index contributed by atoms with van der Waals surface area (Å²) in [5.74, 6) is 0. The van der Waals surface area contributed by atoms with Crippen molar-refractivity contribution in [2.24, 2.45) is 4.99 Å². The van der Waals surface area contributed by atoms with E-state index in [9.17, 15) is 4.79 Å². The molecule has 88 valence electrons. The first-order valence-electron chi connectivity index (χ1n) is 5.50. The molecule has 0 bridgehead atoms. The van der Waals surface area contributed by atoms with Gasteiger partial charge in [0, 0.05) is 0 Å². The van der Waals surface area contributed by atoms with E-state index >= 15 is 0 Å². The summed E-state index contributed by atoms with van der Waals surface area (Å²) in [5, 5.41) is 0. The van der Waals surface area contributed by atoms with Gasteiger partial charge in [0.25, 0.3) is 0 Å². The molecule has 0 aromatic heterocycles. The van der Waals surface area contributed by atoms with E-state index in [1.54, 1.807) is 12.1 Å². The number of fused-ring (bicyclic) bond motifs is 1. The lowest BCUT2D eigenvalue weighted by molar-refractivity contribution is 0.0370. The van der Waals surface area contributed by atoms with Gasteiger partial charge in [-0.15, -0.1) is 0 Å². The van der Waals surface area contributed by atoms with E-state index in [-0.39, 0.29) is 6.10 Å². The van der Waals surface area contributed by atoms with Crippen LogP contribution in [0.2, 0.25) is 0 Å². The minimum absolute atomic E-state index is 0.0479. The zero-order chi connectivity index (χ0) is 11.7. The number of isocyanates is 1. The maximum absolute atomic E-state index is 10.1. The molecule has 0 radical (unpaired) electrons. The molecular formula is C12H12N2O3. The highest BCUT2D eigenvalue weighted by Crippen LogP contribution is 2.34. The Labute approximate surface area is 98.7 Å². The van der Waals surface area contributed by atoms with Crippen LogP contribution in [0.3, 0.4) is 0 Å². The zero-order valence-electron chi connectivity index (χ0n) is 9.20. The van der Waals surface area contributed by atoms with E-state index < -0.39 is 0 Å². The Balaban J connectivity index is 1.82. The number of ether oxygens (including phenoxy) is 2. The van der Waals surface area contributed by atoms with Crippen molar-refractivity contribution in [2.45, 2.75) is 12.1 Å². The fourth-order valence-corrected chi connectivity index (χ4v) is 2.30. The van der Waals surface area contributed by atoms with Crippen LogP contribution in [0.15, 0.2) is 29.3 Å². The summed E-state index contributed by atoms with van der Waals surface area (Å²) in [6, 6.07) is 7.76. The molecule has 2 fully saturated rings. The molecule has 5 heteroatoms. The first-order chi connectivity index (χ1) is 8.38. The molecule has 2 unspecified atom stereocenters. The van der Waals surface area contributed by atoms with Gasteiger partial charge in [-0.2, -0.15) is 4.99 Å². The second kappa shape index (κ2) is 4.39. The third-order valence-corrected chi connectivity index (χ3v) is 3.18. The van der Waals surface area contributed by atoms with Gasteiger partial charge in [-0.05, 0) is 17.7 Å². The normalized spacial score (nSPS) is 27.8. The van der Waals surface area contributed by atoms with E-state index in [4.69, 9.17) is 9.47 Å². The van der Waals surface area contributed by atoms with E-state index in [0.717, 1.165) is 5.56 Å². The molecule has 2 aliphatic heterocycles. The standard InChI is InChI=1S/C12H12N2O3/c15-6-13-10-3-1-9(2-4-10)12-11-5-16-7-14(11)8-17-12/h1-4,11-12H,5,7-8H2. The van der Waals surface area contributed by atoms with Gasteiger partial charge in [-0.1, -0.05) is 12.1 Å². The third-order valence-electron chi connectivity index (χ3n) is 3.18. The third kappa shape index (κ3) is 1.90. The quantitative estimate of drug-likeness (QED) is 0.570. The van der Waals surface area contributed by atoms with Gasteiger partial charge in [-0.25, -0.2) is 9.69 Å². The zero-order valence-corrected chi connectivity index (χ0v) is 9.20. The molecule has 2 heterocycles. The molecule has 2 atom stereocenters. The minimum atomic E-state index is 0.0479. The molecule has 5 nitrogen and oxygen atoms in total. The number of hydrogen-bond acceptors (Lipinski definition) is 5. The number of hydrogen-bond donors (Lipinski definition) is 0. The highest BCUT2D eigenvalue weighted by molar-refractivity contribution is 5.49. The van der Waals surface area contributed by atoms with Crippen molar-refractivity contribution in [3.05, 3.63) is 29.8 Å². The molecular weight excluding hydrogens is 220 g/mol. The summed E-state index contributed by atoms with van der Waals surface area (Å²) >= 11 is 0. The lowest BCUT2D eigenvalue weighted by Crippen LogP contribution is -2.27. The van der Waals surface area contributed by atoms with Gasteiger partial charge < -0.3 is 9.47 Å². The van der Waals surface area contributed by atoms with E-state index in [1.807, 2.05) is 12.1 Å². The summed E-state index contributed by atoms with van der Waals surface area (Å²) in [4.78, 5) is 15.9. The van der Waals surface area contributed by atoms with Crippen molar-refractivity contribution >= 4 is 11.8 Å². The minimum Gasteiger partial charge on any atom is -0.364 e. The predicted octanol–water partition coefficient (Wildman–Crippen LogP) is 1.34. The Morgan fingerprint density at radius 3 is 2.88 bits per heavy atom. The average molecular weight is 232 g/mol. The lowest BCUT2D eigenvalue weighted by atomic mass is 10.0. The fourth-order valence-electron chi connectivity index (χ4n) is 2.30. The van der Waals surface area contributed by atoms with Crippen LogP contribution in [0.5, 0.6) is 0 Å².